The van der Waals surface area contributed by atoms with Crippen molar-refractivity contribution in [2.45, 2.75) is 31.7 Å². The van der Waals surface area contributed by atoms with Gasteiger partial charge in [0.1, 0.15) is 6.04 Å². The smallest absolute Gasteiger partial charge is 0.270 e. The van der Waals surface area contributed by atoms with Crippen LogP contribution in [0, 0.1) is 0 Å². The number of unbranched alkanes of at least 4 members (excludes halogenated alkanes) is 1. The number of ketones is 1. The molecule has 0 heterocycles. The number of carbonyl (C=O) groups is 2. The maximum atomic E-state index is 13.0. The predicted octanol–water partition coefficient (Wildman–Crippen LogP) is 2.39. The highest BCUT2D eigenvalue weighted by Gasteiger charge is 2.26. The molecule has 0 saturated carbocycles. The van der Waals surface area contributed by atoms with E-state index in [0.717, 1.165) is 38.4 Å². The van der Waals surface area contributed by atoms with Crippen molar-refractivity contribution in [2.75, 3.05) is 39.8 Å². The van der Waals surface area contributed by atoms with Crippen LogP contribution >= 0.6 is 0 Å². The van der Waals surface area contributed by atoms with Gasteiger partial charge in [-0.3, -0.25) is 14.8 Å². The van der Waals surface area contributed by atoms with E-state index in [1.165, 1.54) is 55.7 Å². The summed E-state index contributed by atoms with van der Waals surface area (Å²) in [6.07, 6.45) is 8.18. The Bertz CT molecular complexity index is 1150. The van der Waals surface area contributed by atoms with Gasteiger partial charge in [-0.25, -0.2) is 5.06 Å². The van der Waals surface area contributed by atoms with E-state index < -0.39 is 17.7 Å². The highest BCUT2D eigenvalue weighted by Crippen LogP contribution is 2.27. The van der Waals surface area contributed by atoms with Crippen molar-refractivity contribution in [1.82, 2.24) is 15.7 Å². The molecule has 0 fully saturated rings. The molecule has 11 heteroatoms. The lowest BCUT2D eigenvalue weighted by atomic mass is 10.1. The second-order valence-corrected chi connectivity index (χ2v) is 9.09. The molecule has 0 aliphatic carbocycles. The van der Waals surface area contributed by atoms with E-state index in [0.29, 0.717) is 35.8 Å². The monoisotopic (exact) mass is 556 g/mol. The van der Waals surface area contributed by atoms with Gasteiger partial charge >= 0.3 is 0 Å². The van der Waals surface area contributed by atoms with E-state index in [9.17, 15) is 30.1 Å². The van der Waals surface area contributed by atoms with E-state index in [1.807, 2.05) is 0 Å². The topological polar surface area (TPSA) is 178 Å². The number of nitrogens with one attached hydrogen (secondary N) is 2. The summed E-state index contributed by atoms with van der Waals surface area (Å²) in [6.45, 7) is 3.53. The van der Waals surface area contributed by atoms with Gasteiger partial charge in [-0.2, -0.15) is 0 Å². The predicted molar refractivity (Wildman–Crippen MR) is 153 cm³/mol. The first-order chi connectivity index (χ1) is 19.3. The molecular formula is C29H40N4O7. The number of aromatic hydroxyl groups is 3. The van der Waals surface area contributed by atoms with E-state index in [2.05, 4.69) is 10.6 Å². The quantitative estimate of drug-likeness (QED) is 0.0474. The van der Waals surface area contributed by atoms with Crippen molar-refractivity contribution >= 4 is 23.8 Å². The molecule has 0 saturated heterocycles. The molecule has 0 spiro atoms. The lowest BCUT2D eigenvalue weighted by Crippen LogP contribution is -2.43. The number of nitrogens with two attached hydrogens (primary N) is 1. The van der Waals surface area contributed by atoms with Crippen molar-refractivity contribution in [3.8, 4) is 23.0 Å². The van der Waals surface area contributed by atoms with Crippen LogP contribution < -0.4 is 21.1 Å². The number of methoxy groups -OCH3 is 1. The van der Waals surface area contributed by atoms with Crippen LogP contribution in [-0.2, 0) is 9.59 Å². The molecule has 11 nitrogen and oxygen atoms in total. The van der Waals surface area contributed by atoms with E-state index in [1.54, 1.807) is 6.07 Å². The third kappa shape index (κ3) is 11.1. The maximum absolute atomic E-state index is 13.0. The Hall–Kier alpha value is -3.90. The lowest BCUT2D eigenvalue weighted by molar-refractivity contribution is -0.173. The van der Waals surface area contributed by atoms with E-state index in [4.69, 9.17) is 10.5 Å². The highest BCUT2D eigenvalue weighted by atomic mass is 16.5. The van der Waals surface area contributed by atoms with Crippen LogP contribution in [0.1, 0.15) is 36.8 Å². The largest absolute Gasteiger partial charge is 0.504 e. The fourth-order valence-corrected chi connectivity index (χ4v) is 3.73. The van der Waals surface area contributed by atoms with Crippen LogP contribution in [0.5, 0.6) is 23.0 Å². The molecule has 2 aromatic rings. The zero-order valence-corrected chi connectivity index (χ0v) is 22.8. The van der Waals surface area contributed by atoms with Gasteiger partial charge in [0, 0.05) is 6.08 Å². The number of carbonyl (C=O) groups excluding carboxylic acids is 2. The lowest BCUT2D eigenvalue weighted by Gasteiger charge is -2.23. The second kappa shape index (κ2) is 17.6. The molecule has 8 N–H and O–H groups in total. The first-order valence-electron chi connectivity index (χ1n) is 13.2. The van der Waals surface area contributed by atoms with E-state index in [-0.39, 0.29) is 29.4 Å². The first-order valence-corrected chi connectivity index (χ1v) is 13.2. The standard InChI is InChI=1S/C29H40N4O7/c1-40-28-20-22(7-11-26(28)36)8-12-29(38)33(39)23(13-18-32-16-3-2-15-31-17-4-14-30)24(34)9-5-21-6-10-25(35)27(37)19-21/h5-12,19-20,23,31-32,35-37,39H,2-4,13-18,30H2,1H3/b9-5+,12-8+. The van der Waals surface area contributed by atoms with Gasteiger partial charge in [0.05, 0.1) is 7.11 Å². The summed E-state index contributed by atoms with van der Waals surface area (Å²) >= 11 is 0. The van der Waals surface area contributed by atoms with Crippen molar-refractivity contribution in [2.24, 2.45) is 5.73 Å². The maximum Gasteiger partial charge on any atom is 0.270 e. The molecule has 1 unspecified atom stereocenters. The van der Waals surface area contributed by atoms with Gasteiger partial charge in [-0.1, -0.05) is 18.2 Å². The number of hydroxylamine groups is 2. The third-order valence-corrected chi connectivity index (χ3v) is 6.02. The van der Waals surface area contributed by atoms with Crippen LogP contribution in [-0.4, -0.2) is 83.2 Å². The third-order valence-electron chi connectivity index (χ3n) is 6.02. The number of hydrogen-bond acceptors (Lipinski definition) is 10. The summed E-state index contributed by atoms with van der Waals surface area (Å²) in [5.74, 6) is -1.77. The fraction of sp³-hybridized carbons (Fsp3) is 0.379. The fourth-order valence-electron chi connectivity index (χ4n) is 3.73. The molecule has 0 radical (unpaired) electrons. The SMILES string of the molecule is COc1cc(/C=C/C(=O)N(O)C(CCNCCCCNCCCN)C(=O)/C=C/c2ccc(O)c(O)c2)ccc1O. The molecule has 218 valence electrons. The molecule has 0 aliphatic heterocycles. The minimum absolute atomic E-state index is 0.0514. The molecule has 0 bridgehead atoms. The zero-order chi connectivity index (χ0) is 29.3. The number of rotatable bonds is 18. The Balaban J connectivity index is 2.03. The zero-order valence-electron chi connectivity index (χ0n) is 22.8. The van der Waals surface area contributed by atoms with Crippen molar-refractivity contribution in [1.29, 1.82) is 0 Å². The summed E-state index contributed by atoms with van der Waals surface area (Å²) < 4.78 is 5.06. The Morgan fingerprint density at radius 1 is 0.875 bits per heavy atom. The first kappa shape index (κ1) is 32.3. The summed E-state index contributed by atoms with van der Waals surface area (Å²) in [5, 5.41) is 46.6. The average Bonchev–Trinajstić information content (AvgIpc) is 2.95. The number of ether oxygens (including phenoxy) is 1. The number of amides is 1. The number of hydrogen-bond donors (Lipinski definition) is 7. The van der Waals surface area contributed by atoms with Gasteiger partial charge in [0.15, 0.2) is 28.8 Å². The van der Waals surface area contributed by atoms with Crippen molar-refractivity contribution in [3.05, 3.63) is 59.7 Å². The van der Waals surface area contributed by atoms with Crippen molar-refractivity contribution < 1.29 is 34.9 Å². The summed E-state index contributed by atoms with van der Waals surface area (Å²) in [5.41, 5.74) is 6.48. The molecule has 1 atom stereocenters. The van der Waals surface area contributed by atoms with E-state index >= 15 is 0 Å². The summed E-state index contributed by atoms with van der Waals surface area (Å²) in [6, 6.07) is 7.43. The van der Waals surface area contributed by atoms with Gasteiger partial charge in [-0.05, 0) is 106 Å². The van der Waals surface area contributed by atoms with Gasteiger partial charge in [-0.15, -0.1) is 0 Å². The molecular weight excluding hydrogens is 516 g/mol. The number of phenolic OH excluding ortho intramolecular Hbond substituents is 3. The number of benzene rings is 2. The molecule has 40 heavy (non-hydrogen) atoms. The van der Waals surface area contributed by atoms with Gasteiger partial charge in [0.25, 0.3) is 5.91 Å². The van der Waals surface area contributed by atoms with Crippen molar-refractivity contribution in [3.63, 3.8) is 0 Å². The Morgan fingerprint density at radius 2 is 1.48 bits per heavy atom. The Labute approximate surface area is 234 Å². The summed E-state index contributed by atoms with van der Waals surface area (Å²) in [7, 11) is 1.40. The summed E-state index contributed by atoms with van der Waals surface area (Å²) in [4.78, 5) is 25.8. The van der Waals surface area contributed by atoms with Crippen LogP contribution in [0.2, 0.25) is 0 Å². The van der Waals surface area contributed by atoms with Crippen LogP contribution in [0.25, 0.3) is 12.2 Å². The van der Waals surface area contributed by atoms with Crippen LogP contribution in [0.15, 0.2) is 48.6 Å². The molecule has 0 aliphatic rings. The minimum atomic E-state index is -1.17. The second-order valence-electron chi connectivity index (χ2n) is 9.09. The normalized spacial score (nSPS) is 12.2. The molecule has 0 aromatic heterocycles. The molecule has 2 rings (SSSR count). The average molecular weight is 557 g/mol. The number of nitrogens with zero attached hydrogens (tertiary/aromatic N) is 1. The highest BCUT2D eigenvalue weighted by molar-refractivity contribution is 6.01. The Kier molecular flexibility index (Phi) is 14.3. The molecule has 2 aromatic carbocycles. The number of phenols is 3. The van der Waals surface area contributed by atoms with Crippen LogP contribution in [0.4, 0.5) is 0 Å². The van der Waals surface area contributed by atoms with Gasteiger partial charge < -0.3 is 36.4 Å². The Morgan fingerprint density at radius 3 is 2.12 bits per heavy atom. The van der Waals surface area contributed by atoms with Crippen LogP contribution in [0.3, 0.4) is 0 Å². The van der Waals surface area contributed by atoms with Gasteiger partial charge in [0.2, 0.25) is 0 Å². The molecule has 1 amide bonds. The minimum Gasteiger partial charge on any atom is -0.504 e.